The van der Waals surface area contributed by atoms with Crippen LogP contribution in [0.15, 0.2) is 59.1 Å². The third kappa shape index (κ3) is 5.37. The highest BCUT2D eigenvalue weighted by Gasteiger charge is 2.23. The molecule has 0 aliphatic heterocycles. The van der Waals surface area contributed by atoms with Crippen molar-refractivity contribution in [2.75, 3.05) is 6.54 Å². The summed E-state index contributed by atoms with van der Waals surface area (Å²) >= 11 is 3.44. The number of nitrogens with one attached hydrogen (secondary N) is 1. The van der Waals surface area contributed by atoms with Crippen LogP contribution in [0.25, 0.3) is 0 Å². The lowest BCUT2D eigenvalue weighted by Gasteiger charge is -2.20. The fourth-order valence-electron chi connectivity index (χ4n) is 2.08. The van der Waals surface area contributed by atoms with Crippen LogP contribution < -0.4 is 15.8 Å². The van der Waals surface area contributed by atoms with Gasteiger partial charge < -0.3 is 15.8 Å². The van der Waals surface area contributed by atoms with Gasteiger partial charge in [0.15, 0.2) is 0 Å². The fourth-order valence-corrected chi connectivity index (χ4v) is 2.46. The summed E-state index contributed by atoms with van der Waals surface area (Å²) in [4.78, 5) is 12.5. The van der Waals surface area contributed by atoms with E-state index in [9.17, 15) is 4.79 Å². The fraction of sp³-hybridized carbons (Fsp3) is 0.278. The van der Waals surface area contributed by atoms with Gasteiger partial charge in [-0.25, -0.2) is 0 Å². The summed E-state index contributed by atoms with van der Waals surface area (Å²) in [6.45, 7) is 2.44. The van der Waals surface area contributed by atoms with Crippen molar-refractivity contribution in [3.05, 3.63) is 64.6 Å². The van der Waals surface area contributed by atoms with E-state index in [1.807, 2.05) is 61.5 Å². The topological polar surface area (TPSA) is 64.3 Å². The molecule has 0 saturated carbocycles. The molecule has 0 saturated heterocycles. The van der Waals surface area contributed by atoms with Crippen molar-refractivity contribution >= 4 is 21.8 Å². The Labute approximate surface area is 145 Å². The molecule has 5 heteroatoms. The average molecular weight is 377 g/mol. The molecule has 2 aromatic carbocycles. The summed E-state index contributed by atoms with van der Waals surface area (Å²) < 4.78 is 6.77. The highest BCUT2D eigenvalue weighted by atomic mass is 79.9. The predicted octanol–water partition coefficient (Wildman–Crippen LogP) is 3.42. The maximum absolute atomic E-state index is 12.5. The molecule has 2 rings (SSSR count). The molecular formula is C18H21BrN2O2. The minimum absolute atomic E-state index is 0.0506. The molecule has 2 aromatic rings. The van der Waals surface area contributed by atoms with E-state index in [0.29, 0.717) is 12.3 Å². The summed E-state index contributed by atoms with van der Waals surface area (Å²) in [5, 5.41) is 2.89. The average Bonchev–Trinajstić information content (AvgIpc) is 2.54. The second kappa shape index (κ2) is 8.70. The van der Waals surface area contributed by atoms with Crippen molar-refractivity contribution in [1.29, 1.82) is 0 Å². The van der Waals surface area contributed by atoms with Gasteiger partial charge in [0.05, 0.1) is 4.47 Å². The highest BCUT2D eigenvalue weighted by molar-refractivity contribution is 9.10. The Balaban J connectivity index is 2.15. The van der Waals surface area contributed by atoms with Gasteiger partial charge in [0, 0.05) is 18.2 Å². The molecule has 0 aromatic heterocycles. The van der Waals surface area contributed by atoms with Crippen LogP contribution in [0.4, 0.5) is 0 Å². The van der Waals surface area contributed by atoms with Crippen LogP contribution in [0.5, 0.6) is 5.75 Å². The van der Waals surface area contributed by atoms with E-state index in [1.54, 1.807) is 0 Å². The summed E-state index contributed by atoms with van der Waals surface area (Å²) in [5.41, 5.74) is 6.53. The number of carbonyl (C=O) groups excluding carboxylic acids is 1. The molecule has 23 heavy (non-hydrogen) atoms. The van der Waals surface area contributed by atoms with Crippen molar-refractivity contribution in [3.63, 3.8) is 0 Å². The first-order chi connectivity index (χ1) is 11.1. The SMILES string of the molecule is CC(N)CCNC(=O)C(Oc1ccccc1Br)c1ccccc1. The number of halogens is 1. The molecule has 0 heterocycles. The van der Waals surface area contributed by atoms with Crippen LogP contribution in [-0.2, 0) is 4.79 Å². The lowest BCUT2D eigenvalue weighted by Crippen LogP contribution is -2.35. The smallest absolute Gasteiger partial charge is 0.265 e. The van der Waals surface area contributed by atoms with Crippen LogP contribution in [-0.4, -0.2) is 18.5 Å². The third-order valence-corrected chi connectivity index (χ3v) is 3.98. The van der Waals surface area contributed by atoms with Gasteiger partial charge in [-0.05, 0) is 41.4 Å². The second-order valence-corrected chi connectivity index (χ2v) is 6.25. The molecule has 2 atom stereocenters. The first kappa shape index (κ1) is 17.5. The van der Waals surface area contributed by atoms with Gasteiger partial charge in [-0.2, -0.15) is 0 Å². The van der Waals surface area contributed by atoms with Crippen LogP contribution in [0.2, 0.25) is 0 Å². The van der Waals surface area contributed by atoms with Crippen molar-refractivity contribution in [2.24, 2.45) is 5.73 Å². The van der Waals surface area contributed by atoms with Gasteiger partial charge in [0.25, 0.3) is 5.91 Å². The van der Waals surface area contributed by atoms with E-state index in [-0.39, 0.29) is 11.9 Å². The largest absolute Gasteiger partial charge is 0.475 e. The van der Waals surface area contributed by atoms with Gasteiger partial charge >= 0.3 is 0 Å². The molecule has 1 amide bonds. The van der Waals surface area contributed by atoms with Gasteiger partial charge in [-0.15, -0.1) is 0 Å². The lowest BCUT2D eigenvalue weighted by atomic mass is 10.1. The van der Waals surface area contributed by atoms with Crippen LogP contribution in [0, 0.1) is 0 Å². The summed E-state index contributed by atoms with van der Waals surface area (Å²) in [6.07, 6.45) is 0.0189. The number of hydrogen-bond donors (Lipinski definition) is 2. The van der Waals surface area contributed by atoms with E-state index in [1.165, 1.54) is 0 Å². The summed E-state index contributed by atoms with van der Waals surface area (Å²) in [5.74, 6) is 0.455. The Morgan fingerprint density at radius 2 is 1.83 bits per heavy atom. The monoisotopic (exact) mass is 376 g/mol. The van der Waals surface area contributed by atoms with Crippen molar-refractivity contribution in [2.45, 2.75) is 25.5 Å². The zero-order valence-electron chi connectivity index (χ0n) is 13.0. The highest BCUT2D eigenvalue weighted by Crippen LogP contribution is 2.29. The molecule has 2 unspecified atom stereocenters. The minimum atomic E-state index is -0.706. The molecule has 0 aliphatic rings. The minimum Gasteiger partial charge on any atom is -0.475 e. The zero-order chi connectivity index (χ0) is 16.7. The zero-order valence-corrected chi connectivity index (χ0v) is 14.6. The molecule has 4 nitrogen and oxygen atoms in total. The van der Waals surface area contributed by atoms with Crippen molar-refractivity contribution in [3.8, 4) is 5.75 Å². The molecular weight excluding hydrogens is 356 g/mol. The number of benzene rings is 2. The van der Waals surface area contributed by atoms with E-state index >= 15 is 0 Å². The van der Waals surface area contributed by atoms with Crippen LogP contribution >= 0.6 is 15.9 Å². The quantitative estimate of drug-likeness (QED) is 0.777. The van der Waals surface area contributed by atoms with Gasteiger partial charge in [0.2, 0.25) is 6.10 Å². The normalized spacial score (nSPS) is 13.2. The Morgan fingerprint density at radius 1 is 1.17 bits per heavy atom. The van der Waals surface area contributed by atoms with E-state index < -0.39 is 6.10 Å². The van der Waals surface area contributed by atoms with E-state index in [4.69, 9.17) is 10.5 Å². The van der Waals surface area contributed by atoms with Gasteiger partial charge in [-0.3, -0.25) is 4.79 Å². The number of nitrogens with two attached hydrogens (primary N) is 1. The Morgan fingerprint density at radius 3 is 2.48 bits per heavy atom. The maximum Gasteiger partial charge on any atom is 0.265 e. The first-order valence-corrected chi connectivity index (χ1v) is 8.36. The standard InChI is InChI=1S/C18H21BrN2O2/c1-13(20)11-12-21-18(22)17(14-7-3-2-4-8-14)23-16-10-6-5-9-15(16)19/h2-10,13,17H,11-12,20H2,1H3,(H,21,22). The Kier molecular flexibility index (Phi) is 6.62. The number of amides is 1. The van der Waals surface area contributed by atoms with Crippen molar-refractivity contribution in [1.82, 2.24) is 5.32 Å². The summed E-state index contributed by atoms with van der Waals surface area (Å²) in [6, 6.07) is 17.0. The second-order valence-electron chi connectivity index (χ2n) is 5.40. The number of ether oxygens (including phenoxy) is 1. The number of para-hydroxylation sites is 1. The molecule has 0 radical (unpaired) electrons. The molecule has 0 aliphatic carbocycles. The number of hydrogen-bond acceptors (Lipinski definition) is 3. The lowest BCUT2D eigenvalue weighted by molar-refractivity contribution is -0.128. The third-order valence-electron chi connectivity index (χ3n) is 3.32. The molecule has 0 spiro atoms. The van der Waals surface area contributed by atoms with Crippen molar-refractivity contribution < 1.29 is 9.53 Å². The molecule has 3 N–H and O–H groups in total. The van der Waals surface area contributed by atoms with Gasteiger partial charge in [0.1, 0.15) is 5.75 Å². The molecule has 0 bridgehead atoms. The number of rotatable bonds is 7. The number of carbonyl (C=O) groups is 1. The summed E-state index contributed by atoms with van der Waals surface area (Å²) in [7, 11) is 0. The molecule has 122 valence electrons. The van der Waals surface area contributed by atoms with E-state index in [0.717, 1.165) is 16.5 Å². The Bertz CT molecular complexity index is 632. The van der Waals surface area contributed by atoms with E-state index in [2.05, 4.69) is 21.2 Å². The van der Waals surface area contributed by atoms with Gasteiger partial charge in [-0.1, -0.05) is 42.5 Å². The maximum atomic E-state index is 12.5. The molecule has 0 fully saturated rings. The first-order valence-electron chi connectivity index (χ1n) is 7.57. The Hall–Kier alpha value is -1.85. The van der Waals surface area contributed by atoms with Crippen LogP contribution in [0.1, 0.15) is 25.0 Å². The predicted molar refractivity (Wildman–Crippen MR) is 95.2 cm³/mol. The van der Waals surface area contributed by atoms with Crippen LogP contribution in [0.3, 0.4) is 0 Å².